The lowest BCUT2D eigenvalue weighted by Gasteiger charge is -2.13. The van der Waals surface area contributed by atoms with E-state index in [1.807, 2.05) is 6.07 Å². The minimum absolute atomic E-state index is 0.250. The van der Waals surface area contributed by atoms with Crippen molar-refractivity contribution < 1.29 is 14.6 Å². The zero-order valence-electron chi connectivity index (χ0n) is 13.9. The number of hydrogen-bond donors (Lipinski definition) is 2. The summed E-state index contributed by atoms with van der Waals surface area (Å²) in [5, 5.41) is 11.0. The largest absolute Gasteiger partial charge is 0.489 e. The quantitative estimate of drug-likeness (QED) is 0.547. The van der Waals surface area contributed by atoms with Crippen LogP contribution >= 0.6 is 11.6 Å². The van der Waals surface area contributed by atoms with Crippen LogP contribution in [0.3, 0.4) is 0 Å². The van der Waals surface area contributed by atoms with Gasteiger partial charge in [-0.3, -0.25) is 4.79 Å². The van der Waals surface area contributed by atoms with Crippen LogP contribution in [0.15, 0.2) is 18.2 Å². The van der Waals surface area contributed by atoms with E-state index in [0.717, 1.165) is 36.7 Å². The van der Waals surface area contributed by atoms with Crippen LogP contribution in [0.2, 0.25) is 5.02 Å². The predicted molar refractivity (Wildman–Crippen MR) is 94.5 cm³/mol. The van der Waals surface area contributed by atoms with Gasteiger partial charge < -0.3 is 15.2 Å². The molecule has 5 heteroatoms. The highest BCUT2D eigenvalue weighted by molar-refractivity contribution is 6.31. The molecule has 1 unspecified atom stereocenters. The summed E-state index contributed by atoms with van der Waals surface area (Å²) in [4.78, 5) is 8.36. The van der Waals surface area contributed by atoms with E-state index in [2.05, 4.69) is 24.4 Å². The molecule has 0 aliphatic carbocycles. The number of aryl methyl sites for hydroxylation is 1. The maximum atomic E-state index is 8.36. The van der Waals surface area contributed by atoms with Crippen LogP contribution in [-0.4, -0.2) is 30.8 Å². The van der Waals surface area contributed by atoms with Crippen molar-refractivity contribution in [3.63, 3.8) is 0 Å². The molecular formula is C18H28ClNO3. The number of ether oxygens (including phenoxy) is 1. The van der Waals surface area contributed by atoms with Gasteiger partial charge in [0.05, 0.1) is 0 Å². The Morgan fingerprint density at radius 3 is 2.70 bits per heavy atom. The summed E-state index contributed by atoms with van der Waals surface area (Å²) in [6.07, 6.45) is 8.96. The third kappa shape index (κ3) is 8.24. The fraction of sp³-hybridized carbons (Fsp3) is 0.611. The predicted octanol–water partition coefficient (Wildman–Crippen LogP) is 4.29. The molecule has 0 amide bonds. The molecular weight excluding hydrogens is 314 g/mol. The van der Waals surface area contributed by atoms with Gasteiger partial charge in [-0.05, 0) is 43.5 Å². The standard InChI is InChI=1S/C17H26ClNO.CH2O2/c1-2-3-4-5-6-7-14-8-9-15(12-17(14)18)20-16-10-11-19-13-16;2-1-3/h8-9,12,16,19H,2-7,10-11,13H2,1H3;1H,(H,2,3). The zero-order chi connectivity index (χ0) is 16.9. The molecule has 4 nitrogen and oxygen atoms in total. The van der Waals surface area contributed by atoms with Gasteiger partial charge in [0.1, 0.15) is 11.9 Å². The Morgan fingerprint density at radius 1 is 1.35 bits per heavy atom. The van der Waals surface area contributed by atoms with Crippen molar-refractivity contribution in [1.29, 1.82) is 0 Å². The van der Waals surface area contributed by atoms with E-state index < -0.39 is 0 Å². The molecule has 0 aromatic heterocycles. The van der Waals surface area contributed by atoms with E-state index in [-0.39, 0.29) is 6.47 Å². The molecule has 23 heavy (non-hydrogen) atoms. The van der Waals surface area contributed by atoms with Gasteiger partial charge in [0, 0.05) is 11.6 Å². The van der Waals surface area contributed by atoms with Gasteiger partial charge in [-0.15, -0.1) is 0 Å². The Balaban J connectivity index is 0.000000816. The number of hydrogen-bond acceptors (Lipinski definition) is 3. The third-order valence-electron chi connectivity index (χ3n) is 3.89. The Kier molecular flexibility index (Phi) is 10.5. The summed E-state index contributed by atoms with van der Waals surface area (Å²) in [5.74, 6) is 0.901. The van der Waals surface area contributed by atoms with Crippen molar-refractivity contribution in [2.75, 3.05) is 13.1 Å². The topological polar surface area (TPSA) is 58.6 Å². The molecule has 1 atom stereocenters. The van der Waals surface area contributed by atoms with Crippen LogP contribution in [0.25, 0.3) is 0 Å². The summed E-state index contributed by atoms with van der Waals surface area (Å²) in [7, 11) is 0. The number of unbranched alkanes of at least 4 members (excludes halogenated alkanes) is 4. The van der Waals surface area contributed by atoms with Crippen molar-refractivity contribution in [3.8, 4) is 5.75 Å². The maximum Gasteiger partial charge on any atom is 0.290 e. The number of carbonyl (C=O) groups is 1. The highest BCUT2D eigenvalue weighted by atomic mass is 35.5. The van der Waals surface area contributed by atoms with E-state index >= 15 is 0 Å². The molecule has 0 spiro atoms. The van der Waals surface area contributed by atoms with E-state index in [9.17, 15) is 0 Å². The summed E-state index contributed by atoms with van der Waals surface area (Å²) in [5.41, 5.74) is 1.25. The normalized spacial score (nSPS) is 16.5. The second kappa shape index (κ2) is 12.2. The van der Waals surface area contributed by atoms with Gasteiger partial charge in [0.2, 0.25) is 0 Å². The molecule has 0 saturated carbocycles. The Morgan fingerprint density at radius 2 is 2.09 bits per heavy atom. The molecule has 0 radical (unpaired) electrons. The number of carboxylic acid groups (broad SMARTS) is 1. The maximum absolute atomic E-state index is 8.36. The Labute approximate surface area is 144 Å². The van der Waals surface area contributed by atoms with Crippen LogP contribution < -0.4 is 10.1 Å². The molecule has 1 fully saturated rings. The molecule has 0 bridgehead atoms. The van der Waals surface area contributed by atoms with E-state index in [1.165, 1.54) is 37.7 Å². The van der Waals surface area contributed by atoms with Gasteiger partial charge in [-0.1, -0.05) is 50.3 Å². The fourth-order valence-corrected chi connectivity index (χ4v) is 2.91. The van der Waals surface area contributed by atoms with Crippen LogP contribution in [0, 0.1) is 0 Å². The average Bonchev–Trinajstić information content (AvgIpc) is 3.03. The smallest absolute Gasteiger partial charge is 0.290 e. The summed E-state index contributed by atoms with van der Waals surface area (Å²) >= 11 is 6.36. The molecule has 2 rings (SSSR count). The monoisotopic (exact) mass is 341 g/mol. The summed E-state index contributed by atoms with van der Waals surface area (Å²) in [6, 6.07) is 6.16. The first-order valence-electron chi connectivity index (χ1n) is 8.45. The Bertz CT molecular complexity index is 448. The lowest BCUT2D eigenvalue weighted by molar-refractivity contribution is -0.122. The molecule has 1 saturated heterocycles. The number of benzene rings is 1. The van der Waals surface area contributed by atoms with Crippen LogP contribution in [0.5, 0.6) is 5.75 Å². The van der Waals surface area contributed by atoms with Crippen LogP contribution in [0.4, 0.5) is 0 Å². The molecule has 130 valence electrons. The van der Waals surface area contributed by atoms with Crippen LogP contribution in [0.1, 0.15) is 51.0 Å². The average molecular weight is 342 g/mol. The first-order valence-corrected chi connectivity index (χ1v) is 8.82. The second-order valence-electron chi connectivity index (χ2n) is 5.76. The van der Waals surface area contributed by atoms with Crippen molar-refractivity contribution in [3.05, 3.63) is 28.8 Å². The SMILES string of the molecule is CCCCCCCc1ccc(OC2CCNC2)cc1Cl.O=CO. The van der Waals surface area contributed by atoms with Gasteiger partial charge in [0.15, 0.2) is 0 Å². The van der Waals surface area contributed by atoms with E-state index in [0.29, 0.717) is 6.10 Å². The minimum atomic E-state index is -0.250. The molecule has 1 aromatic carbocycles. The Hall–Kier alpha value is -1.26. The lowest BCUT2D eigenvalue weighted by atomic mass is 10.1. The van der Waals surface area contributed by atoms with Crippen molar-refractivity contribution in [2.24, 2.45) is 0 Å². The van der Waals surface area contributed by atoms with Gasteiger partial charge in [-0.25, -0.2) is 0 Å². The van der Waals surface area contributed by atoms with E-state index in [1.54, 1.807) is 0 Å². The van der Waals surface area contributed by atoms with Gasteiger partial charge in [-0.2, -0.15) is 0 Å². The highest BCUT2D eigenvalue weighted by Crippen LogP contribution is 2.25. The third-order valence-corrected chi connectivity index (χ3v) is 4.24. The van der Waals surface area contributed by atoms with E-state index in [4.69, 9.17) is 26.2 Å². The number of halogens is 1. The molecule has 1 aliphatic heterocycles. The summed E-state index contributed by atoms with van der Waals surface area (Å²) in [6.45, 7) is 3.99. The second-order valence-corrected chi connectivity index (χ2v) is 6.16. The lowest BCUT2D eigenvalue weighted by Crippen LogP contribution is -2.19. The molecule has 1 aliphatic rings. The fourth-order valence-electron chi connectivity index (χ4n) is 2.64. The van der Waals surface area contributed by atoms with Crippen molar-refractivity contribution >= 4 is 18.1 Å². The minimum Gasteiger partial charge on any atom is -0.489 e. The van der Waals surface area contributed by atoms with Gasteiger partial charge >= 0.3 is 0 Å². The first-order chi connectivity index (χ1) is 11.2. The number of nitrogens with one attached hydrogen (secondary N) is 1. The number of rotatable bonds is 8. The summed E-state index contributed by atoms with van der Waals surface area (Å²) < 4.78 is 5.92. The van der Waals surface area contributed by atoms with Gasteiger partial charge in [0.25, 0.3) is 6.47 Å². The molecule has 1 aromatic rings. The molecule has 1 heterocycles. The van der Waals surface area contributed by atoms with Crippen molar-refractivity contribution in [1.82, 2.24) is 5.32 Å². The molecule has 2 N–H and O–H groups in total. The zero-order valence-corrected chi connectivity index (χ0v) is 14.6. The highest BCUT2D eigenvalue weighted by Gasteiger charge is 2.16. The van der Waals surface area contributed by atoms with Crippen LogP contribution in [-0.2, 0) is 11.2 Å². The first kappa shape index (κ1) is 19.8. The van der Waals surface area contributed by atoms with Crippen molar-refractivity contribution in [2.45, 2.75) is 58.0 Å².